The van der Waals surface area contributed by atoms with Crippen LogP contribution in [0.4, 0.5) is 4.79 Å². The third-order valence-electron chi connectivity index (χ3n) is 6.88. The molecule has 2 heterocycles. The third-order valence-corrected chi connectivity index (χ3v) is 6.88. The van der Waals surface area contributed by atoms with E-state index in [0.717, 1.165) is 6.42 Å². The van der Waals surface area contributed by atoms with Gasteiger partial charge in [-0.15, -0.1) is 0 Å². The van der Waals surface area contributed by atoms with Gasteiger partial charge in [-0.2, -0.15) is 0 Å². The Kier molecular flexibility index (Phi) is 8.00. The van der Waals surface area contributed by atoms with E-state index in [9.17, 15) is 14.4 Å². The van der Waals surface area contributed by atoms with Crippen molar-refractivity contribution in [1.29, 1.82) is 0 Å². The van der Waals surface area contributed by atoms with Gasteiger partial charge in [0.05, 0.1) is 7.11 Å². The average molecular weight is 459 g/mol. The Morgan fingerprint density at radius 3 is 2.55 bits per heavy atom. The van der Waals surface area contributed by atoms with Crippen LogP contribution >= 0.6 is 0 Å². The van der Waals surface area contributed by atoms with E-state index in [1.807, 2.05) is 36.0 Å². The van der Waals surface area contributed by atoms with Crippen LogP contribution in [0.2, 0.25) is 0 Å². The second-order valence-corrected chi connectivity index (χ2v) is 9.89. The number of urea groups is 1. The molecule has 1 N–H and O–H groups in total. The summed E-state index contributed by atoms with van der Waals surface area (Å²) in [4.78, 5) is 44.6. The first kappa shape index (κ1) is 25.0. The summed E-state index contributed by atoms with van der Waals surface area (Å²) in [6.45, 7) is 6.40. The van der Waals surface area contributed by atoms with Gasteiger partial charge in [-0.1, -0.05) is 19.9 Å². The van der Waals surface area contributed by atoms with Crippen molar-refractivity contribution in [1.82, 2.24) is 20.0 Å². The van der Waals surface area contributed by atoms with E-state index >= 15 is 0 Å². The molecule has 0 saturated carbocycles. The van der Waals surface area contributed by atoms with Gasteiger partial charge >= 0.3 is 6.03 Å². The van der Waals surface area contributed by atoms with Crippen molar-refractivity contribution in [2.24, 2.45) is 11.8 Å². The number of hydrogen-bond donors (Lipinski definition) is 1. The highest BCUT2D eigenvalue weighted by molar-refractivity contribution is 6.07. The number of rotatable bonds is 9. The number of likely N-dealkylation sites (tertiary alicyclic amines) is 1. The van der Waals surface area contributed by atoms with Crippen molar-refractivity contribution < 1.29 is 19.1 Å². The molecule has 0 radical (unpaired) electrons. The van der Waals surface area contributed by atoms with Gasteiger partial charge in [0.2, 0.25) is 0 Å². The van der Waals surface area contributed by atoms with Gasteiger partial charge in [0.15, 0.2) is 0 Å². The quantitative estimate of drug-likeness (QED) is 0.576. The summed E-state index contributed by atoms with van der Waals surface area (Å²) >= 11 is 0. The minimum atomic E-state index is -0.876. The summed E-state index contributed by atoms with van der Waals surface area (Å²) in [5.74, 6) is 0.953. The summed E-state index contributed by atoms with van der Waals surface area (Å²) in [5.41, 5.74) is -0.277. The van der Waals surface area contributed by atoms with Crippen LogP contribution in [0.25, 0.3) is 0 Å². The number of ether oxygens (including phenoxy) is 1. The SMILES string of the molecule is COc1cccc(C(=O)N2CCC([C@@]3(CCC(C)C)NC(=O)N(CCN(C)C)C3=O)CC2)c1. The van der Waals surface area contributed by atoms with Gasteiger partial charge < -0.3 is 19.9 Å². The predicted octanol–water partition coefficient (Wildman–Crippen LogP) is 2.84. The van der Waals surface area contributed by atoms with Gasteiger partial charge in [0.25, 0.3) is 11.8 Å². The van der Waals surface area contributed by atoms with E-state index in [0.29, 0.717) is 62.7 Å². The Hall–Kier alpha value is -2.61. The van der Waals surface area contributed by atoms with Crippen LogP contribution in [0.3, 0.4) is 0 Å². The molecule has 8 nitrogen and oxygen atoms in total. The normalized spacial score (nSPS) is 21.8. The van der Waals surface area contributed by atoms with Crippen molar-refractivity contribution in [2.75, 3.05) is 47.4 Å². The molecule has 1 aromatic rings. The zero-order valence-corrected chi connectivity index (χ0v) is 20.6. The van der Waals surface area contributed by atoms with Gasteiger partial charge in [-0.3, -0.25) is 14.5 Å². The molecule has 0 bridgehead atoms. The van der Waals surface area contributed by atoms with Crippen molar-refractivity contribution >= 4 is 17.8 Å². The van der Waals surface area contributed by atoms with Gasteiger partial charge in [-0.25, -0.2) is 4.79 Å². The van der Waals surface area contributed by atoms with Gasteiger partial charge in [-0.05, 0) is 69.8 Å². The number of amides is 4. The van der Waals surface area contributed by atoms with E-state index in [2.05, 4.69) is 19.2 Å². The number of carbonyl (C=O) groups excluding carboxylic acids is 3. The molecule has 3 rings (SSSR count). The molecule has 0 spiro atoms. The van der Waals surface area contributed by atoms with Crippen molar-refractivity contribution in [3.63, 3.8) is 0 Å². The Morgan fingerprint density at radius 1 is 1.24 bits per heavy atom. The largest absolute Gasteiger partial charge is 0.497 e. The number of methoxy groups -OCH3 is 1. The number of benzene rings is 1. The highest BCUT2D eigenvalue weighted by Crippen LogP contribution is 2.38. The van der Waals surface area contributed by atoms with Crippen molar-refractivity contribution in [3.8, 4) is 5.75 Å². The molecule has 0 aliphatic carbocycles. The highest BCUT2D eigenvalue weighted by atomic mass is 16.5. The van der Waals surface area contributed by atoms with E-state index < -0.39 is 5.54 Å². The van der Waals surface area contributed by atoms with Crippen LogP contribution in [0.5, 0.6) is 5.75 Å². The maximum Gasteiger partial charge on any atom is 0.325 e. The molecule has 33 heavy (non-hydrogen) atoms. The fourth-order valence-corrected chi connectivity index (χ4v) is 4.83. The molecule has 4 amide bonds. The number of nitrogens with zero attached hydrogens (tertiary/aromatic N) is 3. The van der Waals surface area contributed by atoms with Crippen molar-refractivity contribution in [2.45, 2.75) is 45.1 Å². The molecule has 2 saturated heterocycles. The van der Waals surface area contributed by atoms with Crippen molar-refractivity contribution in [3.05, 3.63) is 29.8 Å². The number of imide groups is 1. The van der Waals surface area contributed by atoms with E-state index in [4.69, 9.17) is 4.74 Å². The molecular weight excluding hydrogens is 420 g/mol. The fourth-order valence-electron chi connectivity index (χ4n) is 4.83. The zero-order chi connectivity index (χ0) is 24.2. The van der Waals surface area contributed by atoms with Crippen LogP contribution in [-0.2, 0) is 4.79 Å². The first-order valence-electron chi connectivity index (χ1n) is 11.9. The predicted molar refractivity (Wildman–Crippen MR) is 127 cm³/mol. The number of piperidine rings is 1. The van der Waals surface area contributed by atoms with Crippen LogP contribution in [0.15, 0.2) is 24.3 Å². The minimum absolute atomic E-state index is 0.00594. The zero-order valence-electron chi connectivity index (χ0n) is 20.6. The number of likely N-dealkylation sites (N-methyl/N-ethyl adjacent to an activating group) is 1. The molecule has 8 heteroatoms. The first-order chi connectivity index (χ1) is 15.7. The van der Waals surface area contributed by atoms with E-state index in [1.54, 1.807) is 19.2 Å². The van der Waals surface area contributed by atoms with Gasteiger partial charge in [0, 0.05) is 31.7 Å². The number of hydrogen-bond acceptors (Lipinski definition) is 5. The molecule has 0 unspecified atom stereocenters. The fraction of sp³-hybridized carbons (Fsp3) is 0.640. The lowest BCUT2D eigenvalue weighted by Crippen LogP contribution is -2.56. The third kappa shape index (κ3) is 5.49. The monoisotopic (exact) mass is 458 g/mol. The summed E-state index contributed by atoms with van der Waals surface area (Å²) in [6.07, 6.45) is 2.85. The lowest BCUT2D eigenvalue weighted by atomic mass is 9.73. The molecule has 2 aliphatic heterocycles. The summed E-state index contributed by atoms with van der Waals surface area (Å²) < 4.78 is 5.25. The maximum absolute atomic E-state index is 13.6. The smallest absolute Gasteiger partial charge is 0.325 e. The Balaban J connectivity index is 1.74. The summed E-state index contributed by atoms with van der Waals surface area (Å²) in [6, 6.07) is 6.89. The molecule has 0 aromatic heterocycles. The van der Waals surface area contributed by atoms with Crippen LogP contribution in [-0.4, -0.2) is 85.5 Å². The molecule has 2 fully saturated rings. The lowest BCUT2D eigenvalue weighted by Gasteiger charge is -2.41. The topological polar surface area (TPSA) is 82.2 Å². The number of nitrogens with one attached hydrogen (secondary N) is 1. The maximum atomic E-state index is 13.6. The van der Waals surface area contributed by atoms with Crippen LogP contribution < -0.4 is 10.1 Å². The Morgan fingerprint density at radius 2 is 1.94 bits per heavy atom. The van der Waals surface area contributed by atoms with Gasteiger partial charge in [0.1, 0.15) is 11.3 Å². The van der Waals surface area contributed by atoms with E-state index in [1.165, 1.54) is 4.90 Å². The molecule has 1 aromatic carbocycles. The Bertz CT molecular complexity index is 864. The average Bonchev–Trinajstić information content (AvgIpc) is 3.05. The molecule has 2 aliphatic rings. The van der Waals surface area contributed by atoms with E-state index in [-0.39, 0.29) is 23.8 Å². The first-order valence-corrected chi connectivity index (χ1v) is 11.9. The molecule has 182 valence electrons. The Labute approximate surface area is 197 Å². The number of carbonyl (C=O) groups is 3. The lowest BCUT2D eigenvalue weighted by molar-refractivity contribution is -0.134. The molecule has 1 atom stereocenters. The second-order valence-electron chi connectivity index (χ2n) is 9.89. The summed E-state index contributed by atoms with van der Waals surface area (Å²) in [7, 11) is 5.44. The second kappa shape index (κ2) is 10.5. The standard InChI is InChI=1S/C25H38N4O4/c1-18(2)9-12-25(23(31)29(24(32)26-25)16-15-27(3)4)20-10-13-28(14-11-20)22(30)19-7-6-8-21(17-19)33-5/h6-8,17-18,20H,9-16H2,1-5H3,(H,26,32)/t25-/m1/s1. The summed E-state index contributed by atoms with van der Waals surface area (Å²) in [5, 5.41) is 3.11. The van der Waals surface area contributed by atoms with Crippen LogP contribution in [0, 0.1) is 11.8 Å². The highest BCUT2D eigenvalue weighted by Gasteiger charge is 2.55. The minimum Gasteiger partial charge on any atom is -0.497 e. The van der Waals surface area contributed by atoms with Crippen LogP contribution in [0.1, 0.15) is 49.9 Å². The molecular formula is C25H38N4O4.